The van der Waals surface area contributed by atoms with Crippen molar-refractivity contribution in [3.63, 3.8) is 0 Å². The number of nitrogens with two attached hydrogens (primary N) is 1. The van der Waals surface area contributed by atoms with Gasteiger partial charge >= 0.3 is 0 Å². The molecular formula is C12H15N3OS. The second kappa shape index (κ2) is 5.14. The van der Waals surface area contributed by atoms with Crippen LogP contribution in [0.2, 0.25) is 0 Å². The molecule has 5 heteroatoms. The summed E-state index contributed by atoms with van der Waals surface area (Å²) in [6.45, 7) is 0.700. The Kier molecular flexibility index (Phi) is 3.58. The van der Waals surface area contributed by atoms with Crippen LogP contribution in [0.4, 0.5) is 5.69 Å². The van der Waals surface area contributed by atoms with Gasteiger partial charge in [0.2, 0.25) is 5.91 Å². The minimum absolute atomic E-state index is 0.124. The smallest absolute Gasteiger partial charge is 0.220 e. The van der Waals surface area contributed by atoms with Crippen molar-refractivity contribution in [1.29, 1.82) is 0 Å². The zero-order chi connectivity index (χ0) is 12.3. The van der Waals surface area contributed by atoms with Gasteiger partial charge in [-0.05, 0) is 18.6 Å². The van der Waals surface area contributed by atoms with Gasteiger partial charge in [-0.25, -0.2) is 0 Å². The topological polar surface area (TPSA) is 67.1 Å². The van der Waals surface area contributed by atoms with Gasteiger partial charge in [-0.1, -0.05) is 24.4 Å². The molecule has 0 saturated carbocycles. The second-order valence-electron chi connectivity index (χ2n) is 4.09. The number of hydrogen-bond donors (Lipinski definition) is 3. The summed E-state index contributed by atoms with van der Waals surface area (Å²) in [6.07, 6.45) is 1.49. The van der Waals surface area contributed by atoms with E-state index in [1.807, 2.05) is 24.3 Å². The van der Waals surface area contributed by atoms with Crippen LogP contribution in [0, 0.1) is 0 Å². The maximum Gasteiger partial charge on any atom is 0.220 e. The Hall–Kier alpha value is -1.62. The highest BCUT2D eigenvalue weighted by atomic mass is 32.1. The summed E-state index contributed by atoms with van der Waals surface area (Å²) in [4.78, 5) is 11.4. The van der Waals surface area contributed by atoms with Crippen molar-refractivity contribution >= 4 is 28.8 Å². The van der Waals surface area contributed by atoms with Gasteiger partial charge in [-0.3, -0.25) is 4.79 Å². The summed E-state index contributed by atoms with van der Waals surface area (Å²) >= 11 is 4.99. The van der Waals surface area contributed by atoms with Gasteiger partial charge in [0.05, 0.1) is 0 Å². The normalized spacial score (nSPS) is 18.8. The highest BCUT2D eigenvalue weighted by molar-refractivity contribution is 7.80. The monoisotopic (exact) mass is 249 g/mol. The Morgan fingerprint density at radius 3 is 2.94 bits per heavy atom. The number of para-hydroxylation sites is 1. The van der Waals surface area contributed by atoms with Crippen LogP contribution in [0.15, 0.2) is 24.3 Å². The fraction of sp³-hybridized carbons (Fsp3) is 0.333. The van der Waals surface area contributed by atoms with Gasteiger partial charge in [0.1, 0.15) is 4.99 Å². The number of rotatable bonds is 4. The van der Waals surface area contributed by atoms with Crippen molar-refractivity contribution in [3.8, 4) is 0 Å². The van der Waals surface area contributed by atoms with E-state index in [-0.39, 0.29) is 11.9 Å². The highest BCUT2D eigenvalue weighted by Crippen LogP contribution is 2.16. The highest BCUT2D eigenvalue weighted by Gasteiger charge is 2.20. The minimum Gasteiger partial charge on any atom is -0.389 e. The van der Waals surface area contributed by atoms with Crippen LogP contribution in [-0.2, 0) is 4.79 Å². The largest absolute Gasteiger partial charge is 0.389 e. The Morgan fingerprint density at radius 1 is 1.53 bits per heavy atom. The number of benzene rings is 1. The van der Waals surface area contributed by atoms with E-state index in [4.69, 9.17) is 18.0 Å². The molecule has 17 heavy (non-hydrogen) atoms. The second-order valence-corrected chi connectivity index (χ2v) is 4.53. The van der Waals surface area contributed by atoms with Crippen molar-refractivity contribution < 1.29 is 4.79 Å². The molecule has 0 aliphatic carbocycles. The van der Waals surface area contributed by atoms with Gasteiger partial charge in [-0.2, -0.15) is 0 Å². The molecule has 0 spiro atoms. The maximum atomic E-state index is 11.1. The molecule has 1 aliphatic rings. The predicted molar refractivity (Wildman–Crippen MR) is 72.0 cm³/mol. The van der Waals surface area contributed by atoms with Gasteiger partial charge in [0.15, 0.2) is 0 Å². The van der Waals surface area contributed by atoms with E-state index in [0.29, 0.717) is 18.0 Å². The maximum absolute atomic E-state index is 11.1. The molecule has 0 radical (unpaired) electrons. The molecule has 1 unspecified atom stereocenters. The zero-order valence-corrected chi connectivity index (χ0v) is 10.2. The van der Waals surface area contributed by atoms with E-state index >= 15 is 0 Å². The Morgan fingerprint density at radius 2 is 2.29 bits per heavy atom. The summed E-state index contributed by atoms with van der Waals surface area (Å²) in [5, 5.41) is 6.18. The molecular weight excluding hydrogens is 234 g/mol. The number of carbonyl (C=O) groups is 1. The van der Waals surface area contributed by atoms with Gasteiger partial charge < -0.3 is 16.4 Å². The van der Waals surface area contributed by atoms with E-state index in [1.54, 1.807) is 0 Å². The average molecular weight is 249 g/mol. The fourth-order valence-electron chi connectivity index (χ4n) is 1.92. The van der Waals surface area contributed by atoms with Crippen molar-refractivity contribution in [2.75, 3.05) is 11.9 Å². The van der Waals surface area contributed by atoms with Crippen molar-refractivity contribution in [3.05, 3.63) is 29.8 Å². The van der Waals surface area contributed by atoms with Crippen molar-refractivity contribution in [1.82, 2.24) is 5.32 Å². The van der Waals surface area contributed by atoms with Gasteiger partial charge in [0.25, 0.3) is 0 Å². The fourth-order valence-corrected chi connectivity index (χ4v) is 2.09. The van der Waals surface area contributed by atoms with Gasteiger partial charge in [-0.15, -0.1) is 0 Å². The number of hydrogen-bond acceptors (Lipinski definition) is 3. The van der Waals surface area contributed by atoms with Crippen LogP contribution in [-0.4, -0.2) is 23.5 Å². The lowest BCUT2D eigenvalue weighted by Gasteiger charge is -2.14. The van der Waals surface area contributed by atoms with Crippen LogP contribution in [0.1, 0.15) is 18.4 Å². The average Bonchev–Trinajstić information content (AvgIpc) is 2.73. The molecule has 1 atom stereocenters. The van der Waals surface area contributed by atoms with E-state index in [1.165, 1.54) is 0 Å². The molecule has 1 aromatic rings. The lowest BCUT2D eigenvalue weighted by atomic mass is 10.1. The molecule has 1 aliphatic heterocycles. The standard InChI is InChI=1S/C12H15N3OS/c13-12(17)9-3-1-2-4-10(9)14-7-8-5-6-11(16)15-8/h1-4,8,14H,5-7H2,(H2,13,17)(H,15,16). The summed E-state index contributed by atoms with van der Waals surface area (Å²) in [7, 11) is 0. The first-order valence-corrected chi connectivity index (χ1v) is 5.99. The number of amides is 1. The molecule has 4 N–H and O–H groups in total. The molecule has 4 nitrogen and oxygen atoms in total. The van der Waals surface area contributed by atoms with Crippen LogP contribution in [0.3, 0.4) is 0 Å². The molecule has 1 saturated heterocycles. The lowest BCUT2D eigenvalue weighted by molar-refractivity contribution is -0.119. The first-order chi connectivity index (χ1) is 8.16. The molecule has 1 fully saturated rings. The summed E-state index contributed by atoms with van der Waals surface area (Å²) in [5.41, 5.74) is 7.40. The Balaban J connectivity index is 1.99. The third kappa shape index (κ3) is 2.94. The van der Waals surface area contributed by atoms with E-state index in [2.05, 4.69) is 10.6 Å². The molecule has 2 rings (SSSR count). The van der Waals surface area contributed by atoms with Crippen LogP contribution in [0.25, 0.3) is 0 Å². The van der Waals surface area contributed by atoms with E-state index in [0.717, 1.165) is 17.7 Å². The summed E-state index contributed by atoms with van der Waals surface area (Å²) < 4.78 is 0. The van der Waals surface area contributed by atoms with Crippen LogP contribution >= 0.6 is 12.2 Å². The lowest BCUT2D eigenvalue weighted by Crippen LogP contribution is -2.32. The Labute approximate surface area is 106 Å². The minimum atomic E-state index is 0.124. The number of anilines is 1. The van der Waals surface area contributed by atoms with Crippen molar-refractivity contribution in [2.24, 2.45) is 5.73 Å². The summed E-state index contributed by atoms with van der Waals surface area (Å²) in [5.74, 6) is 0.124. The molecule has 0 aromatic heterocycles. The van der Waals surface area contributed by atoms with Crippen LogP contribution in [0.5, 0.6) is 0 Å². The first kappa shape index (κ1) is 11.9. The number of carbonyl (C=O) groups excluding carboxylic acids is 1. The molecule has 1 amide bonds. The molecule has 1 heterocycles. The molecule has 0 bridgehead atoms. The van der Waals surface area contributed by atoms with Crippen molar-refractivity contribution in [2.45, 2.75) is 18.9 Å². The van der Waals surface area contributed by atoms with Gasteiger partial charge in [0, 0.05) is 30.3 Å². The third-order valence-corrected chi connectivity index (χ3v) is 3.04. The SMILES string of the molecule is NC(=S)c1ccccc1NCC1CCC(=O)N1. The first-order valence-electron chi connectivity index (χ1n) is 5.59. The third-order valence-electron chi connectivity index (χ3n) is 2.82. The Bertz CT molecular complexity index is 447. The predicted octanol–water partition coefficient (Wildman–Crippen LogP) is 1.01. The number of nitrogens with one attached hydrogen (secondary N) is 2. The number of thiocarbonyl (C=S) groups is 1. The summed E-state index contributed by atoms with van der Waals surface area (Å²) in [6, 6.07) is 7.85. The molecule has 90 valence electrons. The quantitative estimate of drug-likeness (QED) is 0.697. The van der Waals surface area contributed by atoms with E-state index < -0.39 is 0 Å². The van der Waals surface area contributed by atoms with Crippen LogP contribution < -0.4 is 16.4 Å². The zero-order valence-electron chi connectivity index (χ0n) is 9.40. The van der Waals surface area contributed by atoms with E-state index in [9.17, 15) is 4.79 Å². The molecule has 1 aromatic carbocycles.